The van der Waals surface area contributed by atoms with Crippen molar-refractivity contribution in [1.82, 2.24) is 15.5 Å². The first-order valence-corrected chi connectivity index (χ1v) is 7.79. The van der Waals surface area contributed by atoms with Crippen molar-refractivity contribution >= 4 is 0 Å². The molecule has 1 heterocycles. The minimum absolute atomic E-state index is 0.457. The van der Waals surface area contributed by atoms with E-state index in [-0.39, 0.29) is 0 Å². The van der Waals surface area contributed by atoms with Gasteiger partial charge in [0.25, 0.3) is 0 Å². The monoisotopic (exact) mass is 263 g/mol. The van der Waals surface area contributed by atoms with Crippen LogP contribution in [0.15, 0.2) is 4.52 Å². The van der Waals surface area contributed by atoms with Gasteiger partial charge in [0.1, 0.15) is 0 Å². The Balaban J connectivity index is 1.63. The quantitative estimate of drug-likeness (QED) is 0.857. The third-order valence-corrected chi connectivity index (χ3v) is 5.02. The van der Waals surface area contributed by atoms with Gasteiger partial charge in [-0.3, -0.25) is 0 Å². The summed E-state index contributed by atoms with van der Waals surface area (Å²) in [6.07, 6.45) is 8.66. The Kier molecular flexibility index (Phi) is 3.87. The van der Waals surface area contributed by atoms with Gasteiger partial charge in [-0.15, -0.1) is 0 Å². The number of likely N-dealkylation sites (N-methyl/N-ethyl adjacent to an activating group) is 1. The number of fused-ring (bicyclic) bond motifs is 2. The fourth-order valence-corrected chi connectivity index (χ4v) is 3.97. The first kappa shape index (κ1) is 13.1. The maximum absolute atomic E-state index is 5.46. The molecule has 2 fully saturated rings. The summed E-state index contributed by atoms with van der Waals surface area (Å²) in [5.41, 5.74) is 0. The van der Waals surface area contributed by atoms with Gasteiger partial charge in [0.05, 0.1) is 0 Å². The lowest BCUT2D eigenvalue weighted by atomic mass is 9.88. The molecule has 2 saturated carbocycles. The van der Waals surface area contributed by atoms with E-state index in [4.69, 9.17) is 4.52 Å². The smallest absolute Gasteiger partial charge is 0.228 e. The fourth-order valence-electron chi connectivity index (χ4n) is 3.97. The number of hydrogen-bond donors (Lipinski definition) is 1. The zero-order chi connectivity index (χ0) is 13.2. The van der Waals surface area contributed by atoms with Crippen molar-refractivity contribution in [3.8, 4) is 0 Å². The second-order valence-corrected chi connectivity index (χ2v) is 6.31. The molecule has 2 aliphatic carbocycles. The van der Waals surface area contributed by atoms with Crippen LogP contribution in [0.5, 0.6) is 0 Å². The van der Waals surface area contributed by atoms with Crippen molar-refractivity contribution in [3.05, 3.63) is 11.7 Å². The predicted octanol–water partition coefficient (Wildman–Crippen LogP) is 2.90. The highest BCUT2D eigenvalue weighted by Gasteiger charge is 2.42. The molecule has 19 heavy (non-hydrogen) atoms. The SMILES string of the molecule is CCCC(Cc1nc(C2CC3CCC2C3)no1)NC. The van der Waals surface area contributed by atoms with Crippen LogP contribution in [0.4, 0.5) is 0 Å². The standard InChI is InChI=1S/C15H25N3O/c1-3-4-12(16-2)9-14-17-15(18-19-14)13-8-10-5-6-11(13)7-10/h10-13,16H,3-9H2,1-2H3. The third kappa shape index (κ3) is 2.69. The molecule has 4 nitrogen and oxygen atoms in total. The molecule has 1 aromatic rings. The molecule has 3 rings (SSSR count). The van der Waals surface area contributed by atoms with Gasteiger partial charge < -0.3 is 9.84 Å². The van der Waals surface area contributed by atoms with Gasteiger partial charge in [0.15, 0.2) is 5.82 Å². The first-order valence-electron chi connectivity index (χ1n) is 7.79. The number of nitrogens with zero attached hydrogens (tertiary/aromatic N) is 2. The van der Waals surface area contributed by atoms with Crippen molar-refractivity contribution in [2.24, 2.45) is 11.8 Å². The van der Waals surface area contributed by atoms with Crippen molar-refractivity contribution in [1.29, 1.82) is 0 Å². The van der Waals surface area contributed by atoms with E-state index in [0.29, 0.717) is 12.0 Å². The lowest BCUT2D eigenvalue weighted by Gasteiger charge is -2.17. The average molecular weight is 263 g/mol. The Morgan fingerprint density at radius 1 is 1.37 bits per heavy atom. The van der Waals surface area contributed by atoms with Crippen LogP contribution in [-0.4, -0.2) is 23.2 Å². The van der Waals surface area contributed by atoms with Crippen molar-refractivity contribution in [2.75, 3.05) is 7.05 Å². The number of nitrogens with one attached hydrogen (secondary N) is 1. The molecule has 0 radical (unpaired) electrons. The summed E-state index contributed by atoms with van der Waals surface area (Å²) in [5.74, 6) is 4.13. The van der Waals surface area contributed by atoms with Gasteiger partial charge >= 0.3 is 0 Å². The van der Waals surface area contributed by atoms with Crippen LogP contribution in [-0.2, 0) is 6.42 Å². The summed E-state index contributed by atoms with van der Waals surface area (Å²) in [5, 5.41) is 7.58. The molecular formula is C15H25N3O. The maximum Gasteiger partial charge on any atom is 0.228 e. The molecule has 0 amide bonds. The van der Waals surface area contributed by atoms with E-state index in [1.54, 1.807) is 0 Å². The lowest BCUT2D eigenvalue weighted by molar-refractivity contribution is 0.339. The summed E-state index contributed by atoms with van der Waals surface area (Å²) in [6, 6.07) is 0.457. The molecule has 0 aliphatic heterocycles. The number of aromatic nitrogens is 2. The zero-order valence-corrected chi connectivity index (χ0v) is 12.1. The summed E-state index contributed by atoms with van der Waals surface area (Å²) in [7, 11) is 2.01. The van der Waals surface area contributed by atoms with E-state index in [0.717, 1.165) is 36.4 Å². The average Bonchev–Trinajstić information content (AvgIpc) is 3.13. The molecule has 4 unspecified atom stereocenters. The fraction of sp³-hybridized carbons (Fsp3) is 0.867. The van der Waals surface area contributed by atoms with E-state index in [2.05, 4.69) is 22.4 Å². The molecule has 0 spiro atoms. The van der Waals surface area contributed by atoms with Gasteiger partial charge in [-0.25, -0.2) is 0 Å². The Hall–Kier alpha value is -0.900. The Morgan fingerprint density at radius 3 is 2.89 bits per heavy atom. The minimum Gasteiger partial charge on any atom is -0.339 e. The molecule has 0 saturated heterocycles. The molecule has 1 aromatic heterocycles. The van der Waals surface area contributed by atoms with Gasteiger partial charge in [-0.05, 0) is 44.6 Å². The zero-order valence-electron chi connectivity index (χ0n) is 12.1. The summed E-state index contributed by atoms with van der Waals surface area (Å²) in [6.45, 7) is 2.21. The first-order chi connectivity index (χ1) is 9.30. The summed E-state index contributed by atoms with van der Waals surface area (Å²) < 4.78 is 5.46. The number of rotatable bonds is 6. The molecule has 106 valence electrons. The summed E-state index contributed by atoms with van der Waals surface area (Å²) >= 11 is 0. The topological polar surface area (TPSA) is 51.0 Å². The molecule has 4 heteroatoms. The van der Waals surface area contributed by atoms with E-state index in [1.807, 2.05) is 7.05 Å². The van der Waals surface area contributed by atoms with E-state index >= 15 is 0 Å². The van der Waals surface area contributed by atoms with Crippen LogP contribution in [0.1, 0.15) is 63.1 Å². The van der Waals surface area contributed by atoms with Gasteiger partial charge in [0.2, 0.25) is 5.89 Å². The van der Waals surface area contributed by atoms with Crippen LogP contribution in [0, 0.1) is 11.8 Å². The van der Waals surface area contributed by atoms with Crippen LogP contribution < -0.4 is 5.32 Å². The van der Waals surface area contributed by atoms with Crippen LogP contribution in [0.2, 0.25) is 0 Å². The van der Waals surface area contributed by atoms with E-state index in [9.17, 15) is 0 Å². The Bertz CT molecular complexity index is 417. The lowest BCUT2D eigenvalue weighted by Crippen LogP contribution is -2.27. The second-order valence-electron chi connectivity index (χ2n) is 6.31. The molecule has 1 N–H and O–H groups in total. The molecule has 4 atom stereocenters. The van der Waals surface area contributed by atoms with Gasteiger partial charge in [0, 0.05) is 18.4 Å². The predicted molar refractivity (Wildman–Crippen MR) is 73.9 cm³/mol. The van der Waals surface area contributed by atoms with Crippen LogP contribution in [0.25, 0.3) is 0 Å². The summed E-state index contributed by atoms with van der Waals surface area (Å²) in [4.78, 5) is 4.66. The van der Waals surface area contributed by atoms with Crippen molar-refractivity contribution in [2.45, 2.75) is 63.8 Å². The Labute approximate surface area is 115 Å². The highest BCUT2D eigenvalue weighted by atomic mass is 16.5. The maximum atomic E-state index is 5.46. The largest absolute Gasteiger partial charge is 0.339 e. The van der Waals surface area contributed by atoms with Crippen molar-refractivity contribution < 1.29 is 4.52 Å². The van der Waals surface area contributed by atoms with E-state index < -0.39 is 0 Å². The molecule has 2 bridgehead atoms. The number of hydrogen-bond acceptors (Lipinski definition) is 4. The van der Waals surface area contributed by atoms with Crippen molar-refractivity contribution in [3.63, 3.8) is 0 Å². The minimum atomic E-state index is 0.457. The van der Waals surface area contributed by atoms with Gasteiger partial charge in [-0.2, -0.15) is 4.98 Å². The van der Waals surface area contributed by atoms with Crippen LogP contribution >= 0.6 is 0 Å². The second kappa shape index (κ2) is 5.61. The molecule has 0 aromatic carbocycles. The highest BCUT2D eigenvalue weighted by Crippen LogP contribution is 2.52. The van der Waals surface area contributed by atoms with Gasteiger partial charge in [-0.1, -0.05) is 24.9 Å². The van der Waals surface area contributed by atoms with Crippen LogP contribution in [0.3, 0.4) is 0 Å². The molecule has 2 aliphatic rings. The highest BCUT2D eigenvalue weighted by molar-refractivity contribution is 5.06. The third-order valence-electron chi connectivity index (χ3n) is 5.02. The Morgan fingerprint density at radius 2 is 2.26 bits per heavy atom. The van der Waals surface area contributed by atoms with E-state index in [1.165, 1.54) is 32.1 Å². The normalized spacial score (nSPS) is 30.9. The molecular weight excluding hydrogens is 238 g/mol.